The van der Waals surface area contributed by atoms with Gasteiger partial charge < -0.3 is 15.2 Å². The molecule has 4 rings (SSSR count). The number of fused-ring (bicyclic) bond motifs is 1. The van der Waals surface area contributed by atoms with Crippen molar-refractivity contribution in [1.29, 1.82) is 0 Å². The van der Waals surface area contributed by atoms with Crippen LogP contribution in [0.15, 0.2) is 72.8 Å². The van der Waals surface area contributed by atoms with Crippen molar-refractivity contribution in [3.8, 4) is 0 Å². The topological polar surface area (TPSA) is 69.1 Å². The van der Waals surface area contributed by atoms with Crippen molar-refractivity contribution in [2.24, 2.45) is 0 Å². The van der Waals surface area contributed by atoms with E-state index in [0.717, 1.165) is 27.7 Å². The van der Waals surface area contributed by atoms with Crippen LogP contribution in [-0.2, 0) is 5.41 Å². The molecule has 0 aliphatic rings. The summed E-state index contributed by atoms with van der Waals surface area (Å²) in [6, 6.07) is 22.7. The van der Waals surface area contributed by atoms with Crippen LogP contribution in [0.2, 0.25) is 0 Å². The molecule has 0 fully saturated rings. The standard InChI is InChI=1S/C25H22N2O2S2/c1-15-13-19-20(14-16(15)2)27-23(26-19)25(24(29)31,18-11-7-4-8-12-18)21(22(28)30)17-9-5-3-6-10-17/h3-14,21H,1-2H3,(H,26,27)(H,28,30)(H,29,31). The van der Waals surface area contributed by atoms with E-state index in [0.29, 0.717) is 11.4 Å². The van der Waals surface area contributed by atoms with Gasteiger partial charge in [0, 0.05) is 0 Å². The van der Waals surface area contributed by atoms with E-state index >= 15 is 0 Å². The predicted molar refractivity (Wildman–Crippen MR) is 132 cm³/mol. The highest BCUT2D eigenvalue weighted by molar-refractivity contribution is 7.80. The summed E-state index contributed by atoms with van der Waals surface area (Å²) >= 11 is 10.8. The normalized spacial score (nSPS) is 14.1. The molecule has 3 N–H and O–H groups in total. The number of hydrogen-bond acceptors (Lipinski definition) is 3. The summed E-state index contributed by atoms with van der Waals surface area (Å²) in [5, 5.41) is 21.2. The zero-order valence-corrected chi connectivity index (χ0v) is 18.8. The highest BCUT2D eigenvalue weighted by Gasteiger charge is 2.51. The zero-order valence-electron chi connectivity index (χ0n) is 17.2. The van der Waals surface area contributed by atoms with Crippen molar-refractivity contribution in [2.75, 3.05) is 0 Å². The third-order valence-electron chi connectivity index (χ3n) is 5.85. The third kappa shape index (κ3) is 3.52. The Bertz CT molecular complexity index is 1230. The summed E-state index contributed by atoms with van der Waals surface area (Å²) < 4.78 is 0. The number of H-pyrrole nitrogens is 1. The lowest BCUT2D eigenvalue weighted by Gasteiger charge is -2.37. The molecule has 0 amide bonds. The average molecular weight is 447 g/mol. The van der Waals surface area contributed by atoms with Gasteiger partial charge >= 0.3 is 0 Å². The van der Waals surface area contributed by atoms with Crippen molar-refractivity contribution in [3.63, 3.8) is 0 Å². The molecule has 0 aliphatic heterocycles. The molecular weight excluding hydrogens is 424 g/mol. The Balaban J connectivity index is 2.11. The molecule has 6 heteroatoms. The van der Waals surface area contributed by atoms with Crippen LogP contribution in [0.3, 0.4) is 0 Å². The Morgan fingerprint density at radius 2 is 1.48 bits per heavy atom. The number of hydrogen-bond donors (Lipinski definition) is 3. The Labute approximate surface area is 191 Å². The minimum absolute atomic E-state index is 0.278. The van der Waals surface area contributed by atoms with Crippen molar-refractivity contribution < 1.29 is 10.2 Å². The number of aromatic nitrogens is 2. The number of thiocarbonyl (C=S) groups is 2. The highest BCUT2D eigenvalue weighted by atomic mass is 32.1. The van der Waals surface area contributed by atoms with Gasteiger partial charge in [-0.3, -0.25) is 0 Å². The van der Waals surface area contributed by atoms with E-state index < -0.39 is 11.3 Å². The maximum atomic E-state index is 11.1. The first-order valence-electron chi connectivity index (χ1n) is 9.89. The number of nitrogens with zero attached hydrogens (tertiary/aromatic N) is 1. The van der Waals surface area contributed by atoms with Gasteiger partial charge in [0.2, 0.25) is 0 Å². The number of aliphatic hydroxyl groups excluding tert-OH is 2. The number of aryl methyl sites for hydroxylation is 2. The van der Waals surface area contributed by atoms with Gasteiger partial charge in [-0.1, -0.05) is 60.7 Å². The summed E-state index contributed by atoms with van der Waals surface area (Å²) in [6.07, 6.45) is 0. The van der Waals surface area contributed by atoms with E-state index in [2.05, 4.69) is 4.98 Å². The quantitative estimate of drug-likeness (QED) is 0.316. The fourth-order valence-corrected chi connectivity index (χ4v) is 4.81. The second kappa shape index (κ2) is 8.21. The monoisotopic (exact) mass is 446 g/mol. The van der Waals surface area contributed by atoms with Crippen LogP contribution in [0.4, 0.5) is 0 Å². The van der Waals surface area contributed by atoms with Crippen LogP contribution < -0.4 is 0 Å². The van der Waals surface area contributed by atoms with Crippen LogP contribution in [-0.4, -0.2) is 30.3 Å². The van der Waals surface area contributed by atoms with Crippen molar-refractivity contribution in [1.82, 2.24) is 9.97 Å². The summed E-state index contributed by atoms with van der Waals surface area (Å²) in [4.78, 5) is 8.20. The maximum Gasteiger partial charge on any atom is 0.176 e. The molecule has 0 saturated carbocycles. The van der Waals surface area contributed by atoms with E-state index in [1.54, 1.807) is 0 Å². The highest BCUT2D eigenvalue weighted by Crippen LogP contribution is 2.45. The Hall–Kier alpha value is -3.09. The van der Waals surface area contributed by atoms with Crippen molar-refractivity contribution >= 4 is 45.6 Å². The molecular formula is C25H22N2O2S2. The number of aromatic amines is 1. The Kier molecular flexibility index (Phi) is 5.60. The van der Waals surface area contributed by atoms with Gasteiger partial charge in [0.1, 0.15) is 11.2 Å². The lowest BCUT2D eigenvalue weighted by Crippen LogP contribution is -2.46. The van der Waals surface area contributed by atoms with E-state index in [-0.39, 0.29) is 10.1 Å². The minimum atomic E-state index is -1.38. The molecule has 3 aromatic carbocycles. The second-order valence-corrected chi connectivity index (χ2v) is 8.51. The van der Waals surface area contributed by atoms with E-state index in [4.69, 9.17) is 29.4 Å². The van der Waals surface area contributed by atoms with Crippen LogP contribution in [0, 0.1) is 13.8 Å². The van der Waals surface area contributed by atoms with E-state index in [1.165, 1.54) is 0 Å². The van der Waals surface area contributed by atoms with Gasteiger partial charge in [-0.05, 0) is 72.7 Å². The van der Waals surface area contributed by atoms with E-state index in [9.17, 15) is 10.2 Å². The first-order chi connectivity index (χ1) is 14.9. The Morgan fingerprint density at radius 1 is 0.903 bits per heavy atom. The van der Waals surface area contributed by atoms with Crippen LogP contribution in [0.25, 0.3) is 11.0 Å². The summed E-state index contributed by atoms with van der Waals surface area (Å²) in [6.45, 7) is 4.06. The minimum Gasteiger partial charge on any atom is -0.501 e. The van der Waals surface area contributed by atoms with Gasteiger partial charge in [0.15, 0.2) is 10.1 Å². The van der Waals surface area contributed by atoms with Gasteiger partial charge in [-0.2, -0.15) is 0 Å². The Morgan fingerprint density at radius 3 is 2.06 bits per heavy atom. The lowest BCUT2D eigenvalue weighted by molar-refractivity contribution is 0.432. The number of imidazole rings is 1. The molecule has 1 heterocycles. The van der Waals surface area contributed by atoms with Gasteiger partial charge in [0.05, 0.1) is 17.0 Å². The molecule has 156 valence electrons. The van der Waals surface area contributed by atoms with Gasteiger partial charge in [-0.15, -0.1) is 0 Å². The molecule has 0 aliphatic carbocycles. The SMILES string of the molecule is Cc1cc2nc(C(C(O)=S)(c3ccccc3)C(C(O)=S)c3ccccc3)[nH]c2cc1C. The van der Waals surface area contributed by atoms with Crippen molar-refractivity contribution in [3.05, 3.63) is 101 Å². The molecule has 4 aromatic rings. The molecule has 0 spiro atoms. The predicted octanol–water partition coefficient (Wildman–Crippen LogP) is 6.02. The van der Waals surface area contributed by atoms with E-state index in [1.807, 2.05) is 86.6 Å². The summed E-state index contributed by atoms with van der Waals surface area (Å²) in [5.74, 6) is -0.400. The first-order valence-corrected chi connectivity index (χ1v) is 10.7. The fraction of sp³-hybridized carbons (Fsp3) is 0.160. The summed E-state index contributed by atoms with van der Waals surface area (Å²) in [5.41, 5.74) is 3.83. The molecule has 0 bridgehead atoms. The van der Waals surface area contributed by atoms with Crippen LogP contribution in [0.1, 0.15) is 34.0 Å². The molecule has 2 unspecified atom stereocenters. The second-order valence-electron chi connectivity index (χ2n) is 7.70. The molecule has 31 heavy (non-hydrogen) atoms. The average Bonchev–Trinajstić information content (AvgIpc) is 3.15. The van der Waals surface area contributed by atoms with Crippen LogP contribution in [0.5, 0.6) is 0 Å². The van der Waals surface area contributed by atoms with Gasteiger partial charge in [-0.25, -0.2) is 4.98 Å². The molecule has 0 radical (unpaired) electrons. The number of rotatable bonds is 6. The summed E-state index contributed by atoms with van der Waals surface area (Å²) in [7, 11) is 0. The number of nitrogens with one attached hydrogen (secondary N) is 1. The molecule has 4 nitrogen and oxygen atoms in total. The molecule has 1 aromatic heterocycles. The number of aliphatic hydroxyl groups is 2. The largest absolute Gasteiger partial charge is 0.501 e. The smallest absolute Gasteiger partial charge is 0.176 e. The molecule has 0 saturated heterocycles. The maximum absolute atomic E-state index is 11.1. The number of benzene rings is 3. The van der Waals surface area contributed by atoms with Gasteiger partial charge in [0.25, 0.3) is 0 Å². The lowest BCUT2D eigenvalue weighted by atomic mass is 9.67. The fourth-order valence-electron chi connectivity index (χ4n) is 4.17. The zero-order chi connectivity index (χ0) is 22.2. The first kappa shape index (κ1) is 21.2. The van der Waals surface area contributed by atoms with Crippen LogP contribution >= 0.6 is 24.4 Å². The van der Waals surface area contributed by atoms with Crippen molar-refractivity contribution in [2.45, 2.75) is 25.2 Å². The molecule has 2 atom stereocenters. The third-order valence-corrected chi connectivity index (χ3v) is 6.41.